The fourth-order valence-corrected chi connectivity index (χ4v) is 2.98. The lowest BCUT2D eigenvalue weighted by Crippen LogP contribution is -2.25. The Kier molecular flexibility index (Phi) is 4.21. The van der Waals surface area contributed by atoms with Crippen LogP contribution in [-0.2, 0) is 16.4 Å². The van der Waals surface area contributed by atoms with Gasteiger partial charge in [0.1, 0.15) is 5.75 Å². The second-order valence-corrected chi connectivity index (χ2v) is 5.96. The predicted octanol–water partition coefficient (Wildman–Crippen LogP) is 0.672. The van der Waals surface area contributed by atoms with Gasteiger partial charge in [0, 0.05) is 19.6 Å². The number of hydrogen-bond acceptors (Lipinski definition) is 4. The van der Waals surface area contributed by atoms with E-state index in [1.54, 1.807) is 18.2 Å². The van der Waals surface area contributed by atoms with Gasteiger partial charge in [0.2, 0.25) is 10.0 Å². The van der Waals surface area contributed by atoms with E-state index in [0.717, 1.165) is 17.7 Å². The lowest BCUT2D eigenvalue weighted by molar-refractivity contribution is 0.285. The Balaban J connectivity index is 2.05. The number of fused-ring (bicyclic) bond motifs is 1. The van der Waals surface area contributed by atoms with Gasteiger partial charge in [-0.25, -0.2) is 13.1 Å². The maximum atomic E-state index is 12.0. The second-order valence-electron chi connectivity index (χ2n) is 4.20. The molecule has 1 aromatic carbocycles. The van der Waals surface area contributed by atoms with Crippen molar-refractivity contribution < 1.29 is 18.3 Å². The first-order valence-corrected chi connectivity index (χ1v) is 7.48. The molecule has 2 rings (SSSR count). The van der Waals surface area contributed by atoms with Crippen molar-refractivity contribution in [3.63, 3.8) is 0 Å². The SMILES string of the molecule is O=S(=O)(NCCCCO)c1ccc2c(c1)CCO2. The summed E-state index contributed by atoms with van der Waals surface area (Å²) in [6.07, 6.45) is 1.98. The van der Waals surface area contributed by atoms with E-state index in [0.29, 0.717) is 26.0 Å². The third kappa shape index (κ3) is 3.01. The first-order chi connectivity index (χ1) is 8.63. The smallest absolute Gasteiger partial charge is 0.240 e. The molecular weight excluding hydrogens is 254 g/mol. The van der Waals surface area contributed by atoms with Gasteiger partial charge in [0.05, 0.1) is 11.5 Å². The van der Waals surface area contributed by atoms with Crippen LogP contribution in [0.15, 0.2) is 23.1 Å². The minimum atomic E-state index is -3.45. The minimum Gasteiger partial charge on any atom is -0.493 e. The number of hydrogen-bond donors (Lipinski definition) is 2. The Morgan fingerprint density at radius 1 is 1.33 bits per heavy atom. The van der Waals surface area contributed by atoms with Crippen LogP contribution in [-0.4, -0.2) is 33.3 Å². The topological polar surface area (TPSA) is 75.6 Å². The van der Waals surface area contributed by atoms with Gasteiger partial charge in [-0.05, 0) is 36.6 Å². The van der Waals surface area contributed by atoms with Crippen LogP contribution >= 0.6 is 0 Å². The second kappa shape index (κ2) is 5.69. The number of nitrogens with one attached hydrogen (secondary N) is 1. The molecule has 0 unspecified atom stereocenters. The van der Waals surface area contributed by atoms with Gasteiger partial charge < -0.3 is 9.84 Å². The molecule has 1 heterocycles. The van der Waals surface area contributed by atoms with E-state index in [9.17, 15) is 8.42 Å². The van der Waals surface area contributed by atoms with Gasteiger partial charge in [0.15, 0.2) is 0 Å². The lowest BCUT2D eigenvalue weighted by Gasteiger charge is -2.07. The summed E-state index contributed by atoms with van der Waals surface area (Å²) < 4.78 is 31.8. The molecule has 0 amide bonds. The van der Waals surface area contributed by atoms with Crippen molar-refractivity contribution in [2.24, 2.45) is 0 Å². The summed E-state index contributed by atoms with van der Waals surface area (Å²) in [5.74, 6) is 0.772. The standard InChI is InChI=1S/C12H17NO4S/c14-7-2-1-6-13-18(15,16)11-3-4-12-10(9-11)5-8-17-12/h3-4,9,13-14H,1-2,5-8H2. The van der Waals surface area contributed by atoms with Crippen molar-refractivity contribution in [1.29, 1.82) is 0 Å². The van der Waals surface area contributed by atoms with Gasteiger partial charge in [0.25, 0.3) is 0 Å². The summed E-state index contributed by atoms with van der Waals surface area (Å²) in [5, 5.41) is 8.63. The van der Waals surface area contributed by atoms with Crippen LogP contribution in [0.25, 0.3) is 0 Å². The quantitative estimate of drug-likeness (QED) is 0.746. The van der Waals surface area contributed by atoms with Crippen molar-refractivity contribution >= 4 is 10.0 Å². The first-order valence-electron chi connectivity index (χ1n) is 6.00. The molecule has 0 aliphatic carbocycles. The normalized spacial score (nSPS) is 14.3. The van der Waals surface area contributed by atoms with Crippen LogP contribution in [0, 0.1) is 0 Å². The Morgan fingerprint density at radius 3 is 2.94 bits per heavy atom. The van der Waals surface area contributed by atoms with E-state index in [-0.39, 0.29) is 11.5 Å². The van der Waals surface area contributed by atoms with E-state index < -0.39 is 10.0 Å². The molecule has 1 aliphatic rings. The molecule has 18 heavy (non-hydrogen) atoms. The van der Waals surface area contributed by atoms with Crippen LogP contribution in [0.5, 0.6) is 5.75 Å². The van der Waals surface area contributed by atoms with Gasteiger partial charge in [-0.2, -0.15) is 0 Å². The Morgan fingerprint density at radius 2 is 2.17 bits per heavy atom. The summed E-state index contributed by atoms with van der Waals surface area (Å²) in [4.78, 5) is 0.274. The van der Waals surface area contributed by atoms with Crippen molar-refractivity contribution in [3.05, 3.63) is 23.8 Å². The Hall–Kier alpha value is -1.11. The molecule has 2 N–H and O–H groups in total. The summed E-state index contributed by atoms with van der Waals surface area (Å²) in [6.45, 7) is 1.04. The number of aliphatic hydroxyl groups is 1. The van der Waals surface area contributed by atoms with Crippen molar-refractivity contribution in [3.8, 4) is 5.75 Å². The fourth-order valence-electron chi connectivity index (χ4n) is 1.86. The molecule has 0 radical (unpaired) electrons. The third-order valence-electron chi connectivity index (χ3n) is 2.85. The van der Waals surface area contributed by atoms with Crippen LogP contribution < -0.4 is 9.46 Å². The number of benzene rings is 1. The Bertz CT molecular complexity index is 513. The molecule has 0 aromatic heterocycles. The minimum absolute atomic E-state index is 0.0813. The molecule has 6 heteroatoms. The monoisotopic (exact) mass is 271 g/mol. The molecule has 0 saturated heterocycles. The first kappa shape index (κ1) is 13.3. The summed E-state index contributed by atoms with van der Waals surface area (Å²) in [7, 11) is -3.45. The highest BCUT2D eigenvalue weighted by molar-refractivity contribution is 7.89. The van der Waals surface area contributed by atoms with E-state index >= 15 is 0 Å². The zero-order chi connectivity index (χ0) is 13.0. The molecule has 0 bridgehead atoms. The zero-order valence-electron chi connectivity index (χ0n) is 10.1. The molecule has 0 fully saturated rings. The molecule has 0 spiro atoms. The molecule has 5 nitrogen and oxygen atoms in total. The maximum Gasteiger partial charge on any atom is 0.240 e. The van der Waals surface area contributed by atoms with Crippen LogP contribution in [0.2, 0.25) is 0 Å². The van der Waals surface area contributed by atoms with Crippen molar-refractivity contribution in [2.45, 2.75) is 24.2 Å². The highest BCUT2D eigenvalue weighted by atomic mass is 32.2. The van der Waals surface area contributed by atoms with E-state index in [1.165, 1.54) is 0 Å². The number of rotatable bonds is 6. The van der Waals surface area contributed by atoms with E-state index in [1.807, 2.05) is 0 Å². The lowest BCUT2D eigenvalue weighted by atomic mass is 10.2. The number of sulfonamides is 1. The van der Waals surface area contributed by atoms with Crippen molar-refractivity contribution in [2.75, 3.05) is 19.8 Å². The zero-order valence-corrected chi connectivity index (χ0v) is 10.9. The number of aliphatic hydroxyl groups excluding tert-OH is 1. The number of unbranched alkanes of at least 4 members (excludes halogenated alkanes) is 1. The van der Waals surface area contributed by atoms with Crippen LogP contribution in [0.4, 0.5) is 0 Å². The molecule has 0 atom stereocenters. The van der Waals surface area contributed by atoms with Crippen LogP contribution in [0.3, 0.4) is 0 Å². The van der Waals surface area contributed by atoms with Crippen LogP contribution in [0.1, 0.15) is 18.4 Å². The predicted molar refractivity (Wildman–Crippen MR) is 67.1 cm³/mol. The highest BCUT2D eigenvalue weighted by Gasteiger charge is 2.18. The summed E-state index contributed by atoms with van der Waals surface area (Å²) in [6, 6.07) is 4.92. The largest absolute Gasteiger partial charge is 0.493 e. The fraction of sp³-hybridized carbons (Fsp3) is 0.500. The molecular formula is C12H17NO4S. The van der Waals surface area contributed by atoms with E-state index in [4.69, 9.17) is 9.84 Å². The van der Waals surface area contributed by atoms with Gasteiger partial charge in [-0.15, -0.1) is 0 Å². The molecule has 0 saturated carbocycles. The van der Waals surface area contributed by atoms with E-state index in [2.05, 4.69) is 4.72 Å². The average Bonchev–Trinajstić information content (AvgIpc) is 2.82. The maximum absolute atomic E-state index is 12.0. The summed E-state index contributed by atoms with van der Waals surface area (Å²) in [5.41, 5.74) is 0.938. The van der Waals surface area contributed by atoms with Gasteiger partial charge >= 0.3 is 0 Å². The highest BCUT2D eigenvalue weighted by Crippen LogP contribution is 2.27. The van der Waals surface area contributed by atoms with Gasteiger partial charge in [-0.1, -0.05) is 0 Å². The average molecular weight is 271 g/mol. The third-order valence-corrected chi connectivity index (χ3v) is 4.31. The van der Waals surface area contributed by atoms with Crippen molar-refractivity contribution in [1.82, 2.24) is 4.72 Å². The van der Waals surface area contributed by atoms with Gasteiger partial charge in [-0.3, -0.25) is 0 Å². The molecule has 1 aromatic rings. The molecule has 100 valence electrons. The summed E-state index contributed by atoms with van der Waals surface area (Å²) >= 11 is 0. The molecule has 1 aliphatic heterocycles. The number of ether oxygens (including phenoxy) is 1. The Labute approximate surface area is 107 Å².